The first-order valence-electron chi connectivity index (χ1n) is 4.79. The number of rotatable bonds is 5. The maximum Gasteiger partial charge on any atom is 0.329 e. The minimum Gasteiger partial charge on any atom is -0.480 e. The predicted octanol–water partition coefficient (Wildman–Crippen LogP) is 0.369. The monoisotopic (exact) mass is 238 g/mol. The van der Waals surface area contributed by atoms with Crippen LogP contribution in [0, 0.1) is 6.92 Å². The van der Waals surface area contributed by atoms with E-state index < -0.39 is 12.6 Å². The molecule has 0 unspecified atom stereocenters. The Labute approximate surface area is 95.6 Å². The SMILES string of the molecule is Cc1[nH]ncc1-c1nnc(COCC(=O)O)o1. The van der Waals surface area contributed by atoms with E-state index in [-0.39, 0.29) is 12.5 Å². The van der Waals surface area contributed by atoms with Crippen LogP contribution in [0.5, 0.6) is 0 Å². The van der Waals surface area contributed by atoms with Gasteiger partial charge in [0.1, 0.15) is 13.2 Å². The lowest BCUT2D eigenvalue weighted by atomic mass is 10.3. The molecule has 0 fully saturated rings. The fraction of sp³-hybridized carbons (Fsp3) is 0.333. The standard InChI is InChI=1S/C9H10N4O4/c1-5-6(2-10-11-5)9-13-12-7(17-9)3-16-4-8(14)15/h2H,3-4H2,1H3,(H,10,11)(H,14,15). The van der Waals surface area contributed by atoms with Crippen LogP contribution in [0.25, 0.3) is 11.5 Å². The number of carboxylic acids is 1. The zero-order valence-electron chi connectivity index (χ0n) is 9.01. The highest BCUT2D eigenvalue weighted by molar-refractivity contribution is 5.67. The van der Waals surface area contributed by atoms with Crippen LogP contribution in [0.15, 0.2) is 10.6 Å². The van der Waals surface area contributed by atoms with Crippen LogP contribution < -0.4 is 0 Å². The van der Waals surface area contributed by atoms with Gasteiger partial charge in [-0.2, -0.15) is 5.10 Å². The van der Waals surface area contributed by atoms with E-state index in [0.717, 1.165) is 5.69 Å². The quantitative estimate of drug-likeness (QED) is 0.773. The van der Waals surface area contributed by atoms with E-state index in [2.05, 4.69) is 20.4 Å². The van der Waals surface area contributed by atoms with Crippen LogP contribution in [0.2, 0.25) is 0 Å². The van der Waals surface area contributed by atoms with E-state index in [1.54, 1.807) is 6.20 Å². The molecule has 0 saturated heterocycles. The Morgan fingerprint density at radius 3 is 3.06 bits per heavy atom. The van der Waals surface area contributed by atoms with Gasteiger partial charge in [-0.05, 0) is 6.92 Å². The van der Waals surface area contributed by atoms with Crippen molar-refractivity contribution in [1.29, 1.82) is 0 Å². The second-order valence-corrected chi connectivity index (χ2v) is 3.30. The van der Waals surface area contributed by atoms with Gasteiger partial charge in [0.15, 0.2) is 0 Å². The lowest BCUT2D eigenvalue weighted by Crippen LogP contribution is -2.06. The average molecular weight is 238 g/mol. The number of aliphatic carboxylic acids is 1. The van der Waals surface area contributed by atoms with Crippen LogP contribution in [-0.2, 0) is 16.1 Å². The predicted molar refractivity (Wildman–Crippen MR) is 53.9 cm³/mol. The van der Waals surface area contributed by atoms with Gasteiger partial charge < -0.3 is 14.3 Å². The second kappa shape index (κ2) is 4.74. The van der Waals surface area contributed by atoms with Gasteiger partial charge in [0.2, 0.25) is 5.89 Å². The molecule has 8 nitrogen and oxygen atoms in total. The normalized spacial score (nSPS) is 10.6. The van der Waals surface area contributed by atoms with Crippen molar-refractivity contribution in [1.82, 2.24) is 20.4 Å². The Bertz CT molecular complexity index is 519. The summed E-state index contributed by atoms with van der Waals surface area (Å²) in [5, 5.41) is 22.5. The summed E-state index contributed by atoms with van der Waals surface area (Å²) in [6, 6.07) is 0. The maximum absolute atomic E-state index is 10.2. The van der Waals surface area contributed by atoms with Crippen molar-refractivity contribution in [2.45, 2.75) is 13.5 Å². The topological polar surface area (TPSA) is 114 Å². The van der Waals surface area contributed by atoms with Gasteiger partial charge in [-0.15, -0.1) is 10.2 Å². The van der Waals surface area contributed by atoms with Crippen LogP contribution in [0.4, 0.5) is 0 Å². The largest absolute Gasteiger partial charge is 0.480 e. The smallest absolute Gasteiger partial charge is 0.329 e. The third-order valence-electron chi connectivity index (χ3n) is 1.98. The van der Waals surface area contributed by atoms with Crippen molar-refractivity contribution >= 4 is 5.97 Å². The summed E-state index contributed by atoms with van der Waals surface area (Å²) in [7, 11) is 0. The Kier molecular flexibility index (Phi) is 3.15. The maximum atomic E-state index is 10.2. The van der Waals surface area contributed by atoms with Crippen LogP contribution in [0.3, 0.4) is 0 Å². The fourth-order valence-corrected chi connectivity index (χ4v) is 1.21. The molecule has 0 atom stereocenters. The molecule has 0 saturated carbocycles. The minimum atomic E-state index is -1.05. The van der Waals surface area contributed by atoms with Gasteiger partial charge in [0.05, 0.1) is 11.8 Å². The number of H-pyrrole nitrogens is 1. The number of carbonyl (C=O) groups is 1. The molecule has 2 aromatic heterocycles. The molecule has 0 aliphatic rings. The van der Waals surface area contributed by atoms with Crippen molar-refractivity contribution in [3.63, 3.8) is 0 Å². The highest BCUT2D eigenvalue weighted by Crippen LogP contribution is 2.19. The van der Waals surface area contributed by atoms with Gasteiger partial charge in [-0.3, -0.25) is 5.10 Å². The van der Waals surface area contributed by atoms with Gasteiger partial charge >= 0.3 is 5.97 Å². The van der Waals surface area contributed by atoms with Gasteiger partial charge in [-0.25, -0.2) is 4.79 Å². The number of carboxylic acid groups (broad SMARTS) is 1. The van der Waals surface area contributed by atoms with Crippen molar-refractivity contribution in [3.05, 3.63) is 17.8 Å². The molecular formula is C9H10N4O4. The highest BCUT2D eigenvalue weighted by atomic mass is 16.5. The van der Waals surface area contributed by atoms with Crippen molar-refractivity contribution in [2.24, 2.45) is 0 Å². The molecule has 0 radical (unpaired) electrons. The molecule has 0 spiro atoms. The van der Waals surface area contributed by atoms with E-state index >= 15 is 0 Å². The number of hydrogen-bond donors (Lipinski definition) is 2. The highest BCUT2D eigenvalue weighted by Gasteiger charge is 2.12. The van der Waals surface area contributed by atoms with Crippen LogP contribution >= 0.6 is 0 Å². The first-order chi connectivity index (χ1) is 8.16. The molecule has 17 heavy (non-hydrogen) atoms. The third-order valence-corrected chi connectivity index (χ3v) is 1.98. The summed E-state index contributed by atoms with van der Waals surface area (Å²) in [4.78, 5) is 10.2. The first-order valence-corrected chi connectivity index (χ1v) is 4.79. The molecule has 0 aliphatic carbocycles. The number of hydrogen-bond acceptors (Lipinski definition) is 6. The zero-order chi connectivity index (χ0) is 12.3. The van der Waals surface area contributed by atoms with Gasteiger partial charge in [0, 0.05) is 5.69 Å². The van der Waals surface area contributed by atoms with Gasteiger partial charge in [-0.1, -0.05) is 0 Å². The summed E-state index contributed by atoms with van der Waals surface area (Å²) >= 11 is 0. The Morgan fingerprint density at radius 2 is 2.41 bits per heavy atom. The molecule has 2 N–H and O–H groups in total. The molecule has 90 valence electrons. The molecule has 0 aromatic carbocycles. The second-order valence-electron chi connectivity index (χ2n) is 3.30. The summed E-state index contributed by atoms with van der Waals surface area (Å²) in [6.07, 6.45) is 1.57. The van der Waals surface area contributed by atoms with Crippen molar-refractivity contribution in [2.75, 3.05) is 6.61 Å². The van der Waals surface area contributed by atoms with Crippen molar-refractivity contribution < 1.29 is 19.1 Å². The number of aryl methyl sites for hydroxylation is 1. The molecule has 2 heterocycles. The zero-order valence-corrected chi connectivity index (χ0v) is 9.01. The molecular weight excluding hydrogens is 228 g/mol. The third kappa shape index (κ3) is 2.67. The molecule has 2 rings (SSSR count). The first kappa shape index (κ1) is 11.3. The molecule has 2 aromatic rings. The van der Waals surface area contributed by atoms with E-state index in [0.29, 0.717) is 11.5 Å². The fourth-order valence-electron chi connectivity index (χ4n) is 1.21. The Morgan fingerprint density at radius 1 is 1.59 bits per heavy atom. The van der Waals surface area contributed by atoms with E-state index in [1.165, 1.54) is 0 Å². The number of aromatic amines is 1. The van der Waals surface area contributed by atoms with E-state index in [1.807, 2.05) is 6.92 Å². The van der Waals surface area contributed by atoms with E-state index in [9.17, 15) is 4.79 Å². The molecule has 0 amide bonds. The van der Waals surface area contributed by atoms with E-state index in [4.69, 9.17) is 14.3 Å². The van der Waals surface area contributed by atoms with Crippen LogP contribution in [0.1, 0.15) is 11.6 Å². The molecule has 8 heteroatoms. The lowest BCUT2D eigenvalue weighted by molar-refractivity contribution is -0.142. The summed E-state index contributed by atoms with van der Waals surface area (Å²) in [5.74, 6) is -0.498. The summed E-state index contributed by atoms with van der Waals surface area (Å²) < 4.78 is 10.1. The molecule has 0 bridgehead atoms. The Balaban J connectivity index is 2.01. The summed E-state index contributed by atoms with van der Waals surface area (Å²) in [6.45, 7) is 1.39. The average Bonchev–Trinajstić information content (AvgIpc) is 2.86. The Hall–Kier alpha value is -2.22. The number of nitrogens with zero attached hydrogens (tertiary/aromatic N) is 3. The van der Waals surface area contributed by atoms with Gasteiger partial charge in [0.25, 0.3) is 5.89 Å². The number of nitrogens with one attached hydrogen (secondary N) is 1. The number of aromatic nitrogens is 4. The van der Waals surface area contributed by atoms with Crippen LogP contribution in [-0.4, -0.2) is 38.1 Å². The van der Waals surface area contributed by atoms with Crippen molar-refractivity contribution in [3.8, 4) is 11.5 Å². The summed E-state index contributed by atoms with van der Waals surface area (Å²) in [5.41, 5.74) is 1.52. The number of ether oxygens (including phenoxy) is 1. The molecule has 0 aliphatic heterocycles. The lowest BCUT2D eigenvalue weighted by Gasteiger charge is -1.95. The minimum absolute atomic E-state index is 0.0315.